The van der Waals surface area contributed by atoms with Gasteiger partial charge in [0.05, 0.1) is 0 Å². The monoisotopic (exact) mass is 251 g/mol. The van der Waals surface area contributed by atoms with E-state index in [4.69, 9.17) is 5.11 Å². The molecule has 1 unspecified atom stereocenters. The number of amides is 1. The lowest BCUT2D eigenvalue weighted by Gasteiger charge is -2.20. The first-order valence-electron chi connectivity index (χ1n) is 5.59. The van der Waals surface area contributed by atoms with Gasteiger partial charge in [-0.05, 0) is 18.9 Å². The van der Waals surface area contributed by atoms with Crippen molar-refractivity contribution in [3.05, 3.63) is 28.2 Å². The number of aryl methyl sites for hydroxylation is 1. The molecular formula is C11H13N3O4. The summed E-state index contributed by atoms with van der Waals surface area (Å²) in [6.07, 6.45) is 1.11. The molecule has 0 aliphatic carbocycles. The number of hydrogen-bond donors (Lipinski definition) is 1. The Morgan fingerprint density at radius 2 is 2.17 bits per heavy atom. The first kappa shape index (κ1) is 12.3. The predicted molar refractivity (Wildman–Crippen MR) is 61.2 cm³/mol. The summed E-state index contributed by atoms with van der Waals surface area (Å²) in [5, 5.41) is 12.8. The zero-order valence-corrected chi connectivity index (χ0v) is 9.87. The quantitative estimate of drug-likeness (QED) is 0.762. The standard InChI is InChI=1S/C11H13N3O4/c1-13-9(15)5-4-7(12-13)10(16)14-6-2-3-8(14)11(17)18/h4-5,8H,2-3,6H2,1H3,(H,17,18). The van der Waals surface area contributed by atoms with E-state index in [9.17, 15) is 14.4 Å². The van der Waals surface area contributed by atoms with E-state index < -0.39 is 17.9 Å². The van der Waals surface area contributed by atoms with E-state index in [1.54, 1.807) is 0 Å². The summed E-state index contributed by atoms with van der Waals surface area (Å²) in [7, 11) is 1.44. The van der Waals surface area contributed by atoms with Gasteiger partial charge in [-0.25, -0.2) is 9.48 Å². The van der Waals surface area contributed by atoms with Crippen molar-refractivity contribution in [2.45, 2.75) is 18.9 Å². The third-order valence-electron chi connectivity index (χ3n) is 2.98. The Morgan fingerprint density at radius 1 is 1.44 bits per heavy atom. The summed E-state index contributed by atoms with van der Waals surface area (Å²) >= 11 is 0. The van der Waals surface area contributed by atoms with Gasteiger partial charge in [0, 0.05) is 19.7 Å². The van der Waals surface area contributed by atoms with Crippen LogP contribution in [0.5, 0.6) is 0 Å². The maximum atomic E-state index is 12.1. The predicted octanol–water partition coefficient (Wildman–Crippen LogP) is -0.531. The summed E-state index contributed by atoms with van der Waals surface area (Å²) < 4.78 is 1.05. The molecule has 1 aliphatic heterocycles. The number of rotatable bonds is 2. The van der Waals surface area contributed by atoms with E-state index in [2.05, 4.69) is 5.10 Å². The van der Waals surface area contributed by atoms with Gasteiger partial charge in [-0.15, -0.1) is 0 Å². The highest BCUT2D eigenvalue weighted by Crippen LogP contribution is 2.19. The molecule has 0 aromatic carbocycles. The molecule has 1 atom stereocenters. The van der Waals surface area contributed by atoms with Crippen LogP contribution >= 0.6 is 0 Å². The Kier molecular flexibility index (Phi) is 3.14. The molecule has 1 fully saturated rings. The Bertz CT molecular complexity index is 551. The molecule has 1 aromatic heterocycles. The minimum absolute atomic E-state index is 0.0882. The van der Waals surface area contributed by atoms with Gasteiger partial charge in [0.15, 0.2) is 0 Å². The van der Waals surface area contributed by atoms with Gasteiger partial charge >= 0.3 is 5.97 Å². The van der Waals surface area contributed by atoms with Crippen LogP contribution in [-0.4, -0.2) is 44.3 Å². The molecule has 1 saturated heterocycles. The lowest BCUT2D eigenvalue weighted by atomic mass is 10.2. The Labute approximate surface area is 103 Å². The van der Waals surface area contributed by atoms with Crippen LogP contribution in [-0.2, 0) is 11.8 Å². The van der Waals surface area contributed by atoms with Crippen molar-refractivity contribution in [2.75, 3.05) is 6.54 Å². The topological polar surface area (TPSA) is 92.5 Å². The van der Waals surface area contributed by atoms with Gasteiger partial charge in [-0.2, -0.15) is 5.10 Å². The first-order valence-corrected chi connectivity index (χ1v) is 5.59. The number of hydrogen-bond acceptors (Lipinski definition) is 4. The van der Waals surface area contributed by atoms with Crippen molar-refractivity contribution in [3.63, 3.8) is 0 Å². The molecule has 0 radical (unpaired) electrons. The van der Waals surface area contributed by atoms with Gasteiger partial charge in [0.2, 0.25) is 0 Å². The lowest BCUT2D eigenvalue weighted by Crippen LogP contribution is -2.41. The number of carbonyl (C=O) groups excluding carboxylic acids is 1. The summed E-state index contributed by atoms with van der Waals surface area (Å²) in [4.78, 5) is 35.6. The van der Waals surface area contributed by atoms with Crippen molar-refractivity contribution >= 4 is 11.9 Å². The molecule has 0 saturated carbocycles. The molecule has 7 nitrogen and oxygen atoms in total. The number of likely N-dealkylation sites (tertiary alicyclic amines) is 1. The van der Waals surface area contributed by atoms with Crippen molar-refractivity contribution < 1.29 is 14.7 Å². The van der Waals surface area contributed by atoms with Gasteiger partial charge in [-0.3, -0.25) is 9.59 Å². The molecule has 96 valence electrons. The van der Waals surface area contributed by atoms with Gasteiger partial charge in [0.1, 0.15) is 11.7 Å². The molecular weight excluding hydrogens is 238 g/mol. The number of carboxylic acid groups (broad SMARTS) is 1. The van der Waals surface area contributed by atoms with Crippen LogP contribution in [0.4, 0.5) is 0 Å². The third-order valence-corrected chi connectivity index (χ3v) is 2.98. The Hall–Kier alpha value is -2.18. The zero-order chi connectivity index (χ0) is 13.3. The molecule has 18 heavy (non-hydrogen) atoms. The van der Waals surface area contributed by atoms with Gasteiger partial charge < -0.3 is 10.0 Å². The van der Waals surface area contributed by atoms with Gasteiger partial charge in [-0.1, -0.05) is 0 Å². The molecule has 2 rings (SSSR count). The minimum Gasteiger partial charge on any atom is -0.480 e. The molecule has 1 aliphatic rings. The summed E-state index contributed by atoms with van der Waals surface area (Å²) in [6.45, 7) is 0.403. The Balaban J connectivity index is 2.28. The zero-order valence-electron chi connectivity index (χ0n) is 9.87. The van der Waals surface area contributed by atoms with Crippen LogP contribution in [0.3, 0.4) is 0 Å². The smallest absolute Gasteiger partial charge is 0.326 e. The summed E-state index contributed by atoms with van der Waals surface area (Å²) in [6, 6.07) is 1.77. The SMILES string of the molecule is Cn1nc(C(=O)N2CCCC2C(=O)O)ccc1=O. The number of carbonyl (C=O) groups is 2. The van der Waals surface area contributed by atoms with E-state index in [0.29, 0.717) is 19.4 Å². The van der Waals surface area contributed by atoms with Crippen LogP contribution in [0.2, 0.25) is 0 Å². The number of aliphatic carboxylic acids is 1. The second-order valence-electron chi connectivity index (χ2n) is 4.18. The maximum Gasteiger partial charge on any atom is 0.326 e. The van der Waals surface area contributed by atoms with Crippen molar-refractivity contribution in [1.29, 1.82) is 0 Å². The van der Waals surface area contributed by atoms with Gasteiger partial charge in [0.25, 0.3) is 11.5 Å². The van der Waals surface area contributed by atoms with Crippen LogP contribution < -0.4 is 5.56 Å². The van der Waals surface area contributed by atoms with Crippen molar-refractivity contribution in [3.8, 4) is 0 Å². The van der Waals surface area contributed by atoms with Crippen LogP contribution in [0.25, 0.3) is 0 Å². The molecule has 1 aromatic rings. The van der Waals surface area contributed by atoms with E-state index >= 15 is 0 Å². The fourth-order valence-corrected chi connectivity index (χ4v) is 2.03. The number of nitrogens with zero attached hydrogens (tertiary/aromatic N) is 3. The van der Waals surface area contributed by atoms with E-state index in [-0.39, 0.29) is 11.3 Å². The maximum absolute atomic E-state index is 12.1. The minimum atomic E-state index is -1.01. The largest absolute Gasteiger partial charge is 0.480 e. The van der Waals surface area contributed by atoms with E-state index in [1.807, 2.05) is 0 Å². The summed E-state index contributed by atoms with van der Waals surface area (Å²) in [5.41, 5.74) is -0.229. The normalized spacial score (nSPS) is 18.9. The Morgan fingerprint density at radius 3 is 2.78 bits per heavy atom. The average molecular weight is 251 g/mol. The molecule has 2 heterocycles. The van der Waals surface area contributed by atoms with E-state index in [1.165, 1.54) is 24.1 Å². The van der Waals surface area contributed by atoms with Crippen molar-refractivity contribution in [1.82, 2.24) is 14.7 Å². The molecule has 1 N–H and O–H groups in total. The molecule has 0 bridgehead atoms. The highest BCUT2D eigenvalue weighted by molar-refractivity contribution is 5.95. The van der Waals surface area contributed by atoms with Crippen LogP contribution in [0.15, 0.2) is 16.9 Å². The van der Waals surface area contributed by atoms with Crippen molar-refractivity contribution in [2.24, 2.45) is 7.05 Å². The highest BCUT2D eigenvalue weighted by atomic mass is 16.4. The lowest BCUT2D eigenvalue weighted by molar-refractivity contribution is -0.141. The number of aromatic nitrogens is 2. The second-order valence-corrected chi connectivity index (χ2v) is 4.18. The second kappa shape index (κ2) is 4.59. The molecule has 1 amide bonds. The third kappa shape index (κ3) is 2.11. The van der Waals surface area contributed by atoms with Crippen LogP contribution in [0, 0.1) is 0 Å². The summed E-state index contributed by atoms with van der Waals surface area (Å²) in [5.74, 6) is -1.46. The average Bonchev–Trinajstić information content (AvgIpc) is 2.81. The van der Waals surface area contributed by atoms with E-state index in [0.717, 1.165) is 4.68 Å². The fourth-order valence-electron chi connectivity index (χ4n) is 2.03. The first-order chi connectivity index (χ1) is 8.50. The fraction of sp³-hybridized carbons (Fsp3) is 0.455. The van der Waals surface area contributed by atoms with Crippen LogP contribution in [0.1, 0.15) is 23.3 Å². The number of carboxylic acids is 1. The highest BCUT2D eigenvalue weighted by Gasteiger charge is 2.35. The molecule has 7 heteroatoms. The molecule has 0 spiro atoms.